The summed E-state index contributed by atoms with van der Waals surface area (Å²) in [6.07, 6.45) is 1.94. The number of likely N-dealkylation sites (tertiary alicyclic amines) is 1. The lowest BCUT2D eigenvalue weighted by atomic mass is 9.68. The van der Waals surface area contributed by atoms with Crippen LogP contribution in [0.3, 0.4) is 0 Å². The Balaban J connectivity index is 1.66. The van der Waals surface area contributed by atoms with Gasteiger partial charge in [0.1, 0.15) is 5.75 Å². The molecule has 0 saturated carbocycles. The molecule has 1 saturated heterocycles. The van der Waals surface area contributed by atoms with Crippen LogP contribution in [0.4, 0.5) is 4.79 Å². The Morgan fingerprint density at radius 1 is 1.23 bits per heavy atom. The van der Waals surface area contributed by atoms with Gasteiger partial charge in [-0.2, -0.15) is 4.90 Å². The van der Waals surface area contributed by atoms with Crippen molar-refractivity contribution in [2.24, 2.45) is 17.8 Å². The SMILES string of the molecule is COCC1=C([C@H](O)CC/C(=C/c2ccc(O)cc2Cl)c2ccccn2)[C@H](CO)[C@@H]2C(=O)N(C(=O)OC)C(=O)[C@@H]2C1. The second-order valence-electron chi connectivity index (χ2n) is 9.74. The van der Waals surface area contributed by atoms with Gasteiger partial charge in [0.25, 0.3) is 0 Å². The van der Waals surface area contributed by atoms with Crippen molar-refractivity contribution in [1.82, 2.24) is 9.88 Å². The molecular weight excluding hydrogens is 540 g/mol. The van der Waals surface area contributed by atoms with Crippen molar-refractivity contribution in [2.75, 3.05) is 27.4 Å². The van der Waals surface area contributed by atoms with Crippen LogP contribution < -0.4 is 0 Å². The topological polar surface area (TPSA) is 146 Å². The number of rotatable bonds is 9. The molecule has 3 N–H and O–H groups in total. The summed E-state index contributed by atoms with van der Waals surface area (Å²) in [5, 5.41) is 31.9. The van der Waals surface area contributed by atoms with Crippen molar-refractivity contribution in [3.8, 4) is 5.75 Å². The molecule has 10 nitrogen and oxygen atoms in total. The first-order chi connectivity index (χ1) is 19.2. The number of hydrogen-bond donors (Lipinski definition) is 3. The Hall–Kier alpha value is -3.57. The fourth-order valence-electron chi connectivity index (χ4n) is 5.63. The van der Waals surface area contributed by atoms with Crippen LogP contribution in [-0.2, 0) is 19.1 Å². The van der Waals surface area contributed by atoms with Gasteiger partial charge in [-0.25, -0.2) is 4.79 Å². The van der Waals surface area contributed by atoms with Gasteiger partial charge in [0.2, 0.25) is 11.8 Å². The van der Waals surface area contributed by atoms with Gasteiger partial charge in [-0.15, -0.1) is 0 Å². The minimum absolute atomic E-state index is 0.0333. The number of benzene rings is 1. The summed E-state index contributed by atoms with van der Waals surface area (Å²) in [5.41, 5.74) is 3.12. The van der Waals surface area contributed by atoms with Gasteiger partial charge >= 0.3 is 6.09 Å². The zero-order valence-corrected chi connectivity index (χ0v) is 22.9. The summed E-state index contributed by atoms with van der Waals surface area (Å²) >= 11 is 6.34. The molecule has 0 unspecified atom stereocenters. The lowest BCUT2D eigenvalue weighted by molar-refractivity contribution is -0.137. The molecule has 2 aliphatic rings. The van der Waals surface area contributed by atoms with Crippen molar-refractivity contribution in [1.29, 1.82) is 0 Å². The third-order valence-electron chi connectivity index (χ3n) is 7.41. The molecule has 40 heavy (non-hydrogen) atoms. The number of imide groups is 3. The van der Waals surface area contributed by atoms with E-state index in [0.717, 1.165) is 12.7 Å². The van der Waals surface area contributed by atoms with E-state index >= 15 is 0 Å². The average Bonchev–Trinajstić information content (AvgIpc) is 3.20. The lowest BCUT2D eigenvalue weighted by Gasteiger charge is -2.36. The summed E-state index contributed by atoms with van der Waals surface area (Å²) in [5.74, 6) is -4.18. The number of carbonyl (C=O) groups excluding carboxylic acids is 3. The first kappa shape index (κ1) is 29.4. The fraction of sp³-hybridized carbons (Fsp3) is 0.379. The van der Waals surface area contributed by atoms with Gasteiger partial charge in [-0.1, -0.05) is 17.7 Å². The summed E-state index contributed by atoms with van der Waals surface area (Å²) in [6.45, 7) is -0.432. The molecule has 11 heteroatoms. The molecule has 1 aliphatic carbocycles. The zero-order valence-electron chi connectivity index (χ0n) is 22.1. The number of pyridine rings is 1. The van der Waals surface area contributed by atoms with Crippen LogP contribution >= 0.6 is 11.6 Å². The van der Waals surface area contributed by atoms with Crippen LogP contribution in [-0.4, -0.2) is 76.6 Å². The number of aliphatic hydroxyl groups excluding tert-OH is 2. The third kappa shape index (κ3) is 5.80. The number of amides is 3. The fourth-order valence-corrected chi connectivity index (χ4v) is 5.86. The van der Waals surface area contributed by atoms with Crippen LogP contribution in [0.2, 0.25) is 5.02 Å². The highest BCUT2D eigenvalue weighted by Crippen LogP contribution is 2.46. The monoisotopic (exact) mass is 570 g/mol. The number of nitrogens with zero attached hydrogens (tertiary/aromatic N) is 2. The van der Waals surface area contributed by atoms with Crippen LogP contribution in [0.5, 0.6) is 5.75 Å². The number of aliphatic hydroxyl groups is 2. The smallest absolute Gasteiger partial charge is 0.423 e. The first-order valence-electron chi connectivity index (χ1n) is 12.8. The maximum Gasteiger partial charge on any atom is 0.423 e. The summed E-state index contributed by atoms with van der Waals surface area (Å²) < 4.78 is 9.98. The molecular formula is C29H31ClN2O8. The number of halogens is 1. The summed E-state index contributed by atoms with van der Waals surface area (Å²) in [7, 11) is 2.55. The number of hydrogen-bond acceptors (Lipinski definition) is 9. The van der Waals surface area contributed by atoms with E-state index in [1.807, 2.05) is 18.2 Å². The molecule has 2 heterocycles. The van der Waals surface area contributed by atoms with Crippen LogP contribution in [0, 0.1) is 17.8 Å². The number of phenols is 1. The maximum absolute atomic E-state index is 13.2. The molecule has 1 aromatic heterocycles. The van der Waals surface area contributed by atoms with E-state index in [0.29, 0.717) is 38.7 Å². The number of carbonyl (C=O) groups is 3. The van der Waals surface area contributed by atoms with E-state index in [2.05, 4.69) is 9.72 Å². The van der Waals surface area contributed by atoms with Gasteiger partial charge in [0.05, 0.1) is 49.0 Å². The number of methoxy groups -OCH3 is 2. The van der Waals surface area contributed by atoms with Gasteiger partial charge < -0.3 is 24.8 Å². The summed E-state index contributed by atoms with van der Waals surface area (Å²) in [6, 6.07) is 10.1. The predicted octanol–water partition coefficient (Wildman–Crippen LogP) is 3.45. The normalized spacial score (nSPS) is 22.0. The highest BCUT2D eigenvalue weighted by molar-refractivity contribution is 6.32. The van der Waals surface area contributed by atoms with E-state index in [1.165, 1.54) is 19.2 Å². The minimum Gasteiger partial charge on any atom is -0.508 e. The van der Waals surface area contributed by atoms with E-state index in [-0.39, 0.29) is 25.2 Å². The number of ether oxygens (including phenoxy) is 2. The third-order valence-corrected chi connectivity index (χ3v) is 7.74. The predicted molar refractivity (Wildman–Crippen MR) is 146 cm³/mol. The molecule has 3 amide bonds. The molecule has 0 radical (unpaired) electrons. The molecule has 1 aromatic carbocycles. The average molecular weight is 571 g/mol. The second kappa shape index (κ2) is 12.7. The zero-order chi connectivity index (χ0) is 29.0. The van der Waals surface area contributed by atoms with E-state index < -0.39 is 48.4 Å². The molecule has 4 rings (SSSR count). The molecule has 0 spiro atoms. The van der Waals surface area contributed by atoms with Crippen LogP contribution in [0.15, 0.2) is 53.7 Å². The lowest BCUT2D eigenvalue weighted by Crippen LogP contribution is -2.40. The maximum atomic E-state index is 13.2. The van der Waals surface area contributed by atoms with Gasteiger partial charge in [0, 0.05) is 19.2 Å². The van der Waals surface area contributed by atoms with Crippen LogP contribution in [0.1, 0.15) is 30.5 Å². The Bertz CT molecular complexity index is 1340. The quantitative estimate of drug-likeness (QED) is 0.305. The van der Waals surface area contributed by atoms with Crippen molar-refractivity contribution in [3.05, 3.63) is 70.0 Å². The number of allylic oxidation sites excluding steroid dienone is 1. The van der Waals surface area contributed by atoms with Gasteiger partial charge in [-0.05, 0) is 78.0 Å². The highest BCUT2D eigenvalue weighted by Gasteiger charge is 2.57. The van der Waals surface area contributed by atoms with Crippen molar-refractivity contribution in [3.63, 3.8) is 0 Å². The Kier molecular flexibility index (Phi) is 9.36. The highest BCUT2D eigenvalue weighted by atomic mass is 35.5. The molecule has 1 fully saturated rings. The van der Waals surface area contributed by atoms with Gasteiger partial charge in [0.15, 0.2) is 0 Å². The van der Waals surface area contributed by atoms with E-state index in [4.69, 9.17) is 16.3 Å². The Morgan fingerprint density at radius 3 is 2.62 bits per heavy atom. The first-order valence-corrected chi connectivity index (χ1v) is 13.2. The van der Waals surface area contributed by atoms with E-state index in [1.54, 1.807) is 18.3 Å². The number of aromatic hydroxyl groups is 1. The number of fused-ring (bicyclic) bond motifs is 1. The molecule has 1 aliphatic heterocycles. The number of phenolic OH excluding ortho intramolecular Hbond substituents is 1. The number of aromatic nitrogens is 1. The van der Waals surface area contributed by atoms with Crippen molar-refractivity contribution in [2.45, 2.75) is 25.4 Å². The Morgan fingerprint density at radius 2 is 2.00 bits per heavy atom. The van der Waals surface area contributed by atoms with E-state index in [9.17, 15) is 29.7 Å². The second-order valence-corrected chi connectivity index (χ2v) is 10.2. The van der Waals surface area contributed by atoms with Crippen molar-refractivity contribution < 1.29 is 39.2 Å². The van der Waals surface area contributed by atoms with Gasteiger partial charge in [-0.3, -0.25) is 14.6 Å². The molecule has 212 valence electrons. The largest absolute Gasteiger partial charge is 0.508 e. The molecule has 4 atom stereocenters. The Labute approximate surface area is 236 Å². The minimum atomic E-state index is -1.10. The van der Waals surface area contributed by atoms with Crippen LogP contribution in [0.25, 0.3) is 11.6 Å². The standard InChI is InChI=1S/C29H31ClN2O8/c1-39-15-18-12-20-26(28(37)32(27(20)36)29(38)40-2)21(14-33)25(18)24(35)9-7-17(23-5-3-4-10-31-23)11-16-6-8-19(34)13-22(16)30/h3-6,8,10-11,13,20-21,24,26,33-35H,7,9,12,14-15H2,1-2H3/b17-11-/t20-,21+,24-,26-/m1/s1. The van der Waals surface area contributed by atoms with Crippen molar-refractivity contribution >= 4 is 41.2 Å². The molecule has 0 bridgehead atoms. The molecule has 2 aromatic rings. The summed E-state index contributed by atoms with van der Waals surface area (Å²) in [4.78, 5) is 43.3.